The van der Waals surface area contributed by atoms with Crippen LogP contribution in [0.5, 0.6) is 5.88 Å². The maximum Gasteiger partial charge on any atom is 0.408 e. The largest absolute Gasteiger partial charge is 0.472 e. The number of ether oxygens (including phenoxy) is 2. The van der Waals surface area contributed by atoms with E-state index in [1.54, 1.807) is 20.8 Å². The van der Waals surface area contributed by atoms with Gasteiger partial charge in [-0.1, -0.05) is 43.2 Å². The molecule has 2 saturated carbocycles. The fraction of sp³-hybridized carbons (Fsp3) is 0.605. The van der Waals surface area contributed by atoms with Crippen molar-refractivity contribution in [2.24, 2.45) is 5.92 Å². The minimum Gasteiger partial charge on any atom is -0.472 e. The molecule has 0 unspecified atom stereocenters. The van der Waals surface area contributed by atoms with Gasteiger partial charge in [0.25, 0.3) is 5.91 Å². The molecule has 5 atom stereocenters. The second-order valence-corrected chi connectivity index (χ2v) is 17.9. The molecular formula is C38H49N5O8S. The number of benzene rings is 1. The highest BCUT2D eigenvalue weighted by molar-refractivity contribution is 7.91. The van der Waals surface area contributed by atoms with E-state index in [0.29, 0.717) is 38.0 Å². The van der Waals surface area contributed by atoms with Crippen LogP contribution >= 0.6 is 0 Å². The number of carbonyl (C=O) groups excluding carboxylic acids is 4. The highest BCUT2D eigenvalue weighted by Crippen LogP contribution is 2.46. The Balaban J connectivity index is 1.20. The van der Waals surface area contributed by atoms with Gasteiger partial charge < -0.3 is 25.0 Å². The molecule has 0 spiro atoms. The van der Waals surface area contributed by atoms with Crippen molar-refractivity contribution >= 4 is 44.7 Å². The lowest BCUT2D eigenvalue weighted by Crippen LogP contribution is -2.58. The quantitative estimate of drug-likeness (QED) is 0.371. The second kappa shape index (κ2) is 14.0. The summed E-state index contributed by atoms with van der Waals surface area (Å²) in [5, 5.41) is 6.15. The van der Waals surface area contributed by atoms with Crippen LogP contribution in [0.2, 0.25) is 0 Å². The summed E-state index contributed by atoms with van der Waals surface area (Å²) < 4.78 is 40.0. The summed E-state index contributed by atoms with van der Waals surface area (Å²) in [6.07, 6.45) is 9.77. The Morgan fingerprint density at radius 2 is 1.79 bits per heavy atom. The van der Waals surface area contributed by atoms with E-state index < -0.39 is 74.3 Å². The highest BCUT2D eigenvalue weighted by Gasteiger charge is 2.62. The standard InChI is InChI=1S/C38H49N5O8S/c1-37(2,3)51-36(47)40-30-17-8-6-4-5-7-12-23-21-38(23,35(46)42-52(48,49)25-18-19-25)41-32(44)31-20-24(22-43(31)34(30)45)50-33-28-15-11-14-26(28)27-13-9-10-16-29(27)39-33/h7,9-10,12-13,16,23-25,30-31H,4-6,8,11,14-15,17-22H2,1-3H3,(H,40,47)(H,41,44)(H,42,46)/b12-7-/t23-,24-,30+,31+,38-/m1/s1. The first-order chi connectivity index (χ1) is 24.7. The number of aromatic nitrogens is 1. The lowest BCUT2D eigenvalue weighted by molar-refractivity contribution is -0.141. The van der Waals surface area contributed by atoms with Crippen LogP contribution in [0.3, 0.4) is 0 Å². The summed E-state index contributed by atoms with van der Waals surface area (Å²) in [5.41, 5.74) is 0.778. The first-order valence-electron chi connectivity index (χ1n) is 18.7. The average Bonchev–Trinajstić information content (AvgIpc) is 3.95. The van der Waals surface area contributed by atoms with Crippen molar-refractivity contribution in [2.45, 2.75) is 132 Å². The van der Waals surface area contributed by atoms with Gasteiger partial charge >= 0.3 is 6.09 Å². The van der Waals surface area contributed by atoms with Gasteiger partial charge in [0, 0.05) is 23.3 Å². The van der Waals surface area contributed by atoms with E-state index >= 15 is 0 Å². The molecule has 0 bridgehead atoms. The van der Waals surface area contributed by atoms with Crippen molar-refractivity contribution in [3.8, 4) is 5.88 Å². The molecule has 3 fully saturated rings. The predicted molar refractivity (Wildman–Crippen MR) is 193 cm³/mol. The maximum atomic E-state index is 14.5. The van der Waals surface area contributed by atoms with Crippen LogP contribution < -0.4 is 20.1 Å². The van der Waals surface area contributed by atoms with Crippen LogP contribution in [-0.4, -0.2) is 83.2 Å². The van der Waals surface area contributed by atoms with Gasteiger partial charge in [0.2, 0.25) is 27.7 Å². The van der Waals surface area contributed by atoms with Crippen molar-refractivity contribution in [1.82, 2.24) is 25.2 Å². The van der Waals surface area contributed by atoms with Gasteiger partial charge in [-0.3, -0.25) is 19.1 Å². The number of allylic oxidation sites excluding steroid dienone is 1. The van der Waals surface area contributed by atoms with E-state index in [0.717, 1.165) is 48.6 Å². The molecule has 1 aromatic carbocycles. The lowest BCUT2D eigenvalue weighted by atomic mass is 10.0. The Labute approximate surface area is 304 Å². The first kappa shape index (κ1) is 36.2. The van der Waals surface area contributed by atoms with E-state index in [-0.39, 0.29) is 19.4 Å². The van der Waals surface area contributed by atoms with Gasteiger partial charge in [0.15, 0.2) is 0 Å². The number of aryl methyl sites for hydroxylation is 1. The molecule has 0 radical (unpaired) electrons. The Morgan fingerprint density at radius 3 is 2.56 bits per heavy atom. The number of nitrogens with one attached hydrogen (secondary N) is 3. The number of rotatable bonds is 6. The van der Waals surface area contributed by atoms with E-state index in [1.807, 2.05) is 30.4 Å². The third-order valence-corrected chi connectivity index (χ3v) is 12.6. The molecule has 3 aliphatic carbocycles. The number of hydrogen-bond donors (Lipinski definition) is 3. The fourth-order valence-electron chi connectivity index (χ4n) is 7.83. The minimum absolute atomic E-state index is 0.0469. The van der Waals surface area contributed by atoms with Gasteiger partial charge in [-0.25, -0.2) is 18.2 Å². The molecule has 7 rings (SSSR count). The topological polar surface area (TPSA) is 173 Å². The highest BCUT2D eigenvalue weighted by atomic mass is 32.2. The van der Waals surface area contributed by atoms with Crippen LogP contribution in [0.1, 0.15) is 96.1 Å². The number of hydrogen-bond acceptors (Lipinski definition) is 9. The van der Waals surface area contributed by atoms with Crippen LogP contribution in [0.25, 0.3) is 10.9 Å². The summed E-state index contributed by atoms with van der Waals surface area (Å²) >= 11 is 0. The van der Waals surface area contributed by atoms with Crippen molar-refractivity contribution in [2.75, 3.05) is 6.54 Å². The minimum atomic E-state index is -3.87. The van der Waals surface area contributed by atoms with Gasteiger partial charge in [-0.2, -0.15) is 0 Å². The monoisotopic (exact) mass is 735 g/mol. The van der Waals surface area contributed by atoms with E-state index in [1.165, 1.54) is 10.5 Å². The Morgan fingerprint density at radius 1 is 1.02 bits per heavy atom. The van der Waals surface area contributed by atoms with Crippen molar-refractivity contribution in [1.29, 1.82) is 0 Å². The zero-order valence-corrected chi connectivity index (χ0v) is 30.9. The molecule has 13 nitrogen and oxygen atoms in total. The third-order valence-electron chi connectivity index (χ3n) is 10.7. The van der Waals surface area contributed by atoms with Gasteiger partial charge in [-0.05, 0) is 90.2 Å². The van der Waals surface area contributed by atoms with Gasteiger partial charge in [-0.15, -0.1) is 0 Å². The van der Waals surface area contributed by atoms with Crippen LogP contribution in [-0.2, 0) is 42.0 Å². The first-order valence-corrected chi connectivity index (χ1v) is 20.2. The molecule has 1 saturated heterocycles. The molecule has 280 valence electrons. The molecule has 1 aromatic heterocycles. The van der Waals surface area contributed by atoms with Crippen LogP contribution in [0.4, 0.5) is 4.79 Å². The molecule has 3 heterocycles. The Kier molecular flexibility index (Phi) is 9.72. The number of carbonyl (C=O) groups is 4. The SMILES string of the molecule is CC(C)(C)OC(=O)N[C@H]1CCCCC/C=C\[C@@H]2C[C@@]2(C(=O)NS(=O)(=O)C2CC2)NC(=O)[C@@H]2C[C@@H](Oc3nc4ccccc4c4c3CCC4)CN2C1=O. The molecule has 5 aliphatic rings. The van der Waals surface area contributed by atoms with Crippen molar-refractivity contribution in [3.63, 3.8) is 0 Å². The number of fused-ring (bicyclic) bond motifs is 5. The summed E-state index contributed by atoms with van der Waals surface area (Å²) in [6.45, 7) is 5.27. The Hall–Kier alpha value is -4.20. The number of amides is 4. The fourth-order valence-corrected chi connectivity index (χ4v) is 9.20. The third kappa shape index (κ3) is 7.62. The second-order valence-electron chi connectivity index (χ2n) is 15.9. The number of sulfonamides is 1. The van der Waals surface area contributed by atoms with Crippen molar-refractivity contribution < 1.29 is 37.1 Å². The summed E-state index contributed by atoms with van der Waals surface area (Å²) in [7, 11) is -3.87. The van der Waals surface area contributed by atoms with Crippen LogP contribution in [0, 0.1) is 5.92 Å². The number of alkyl carbamates (subject to hydrolysis) is 1. The molecule has 14 heteroatoms. The average molecular weight is 736 g/mol. The zero-order chi connectivity index (χ0) is 36.8. The molecular weight excluding hydrogens is 687 g/mol. The van der Waals surface area contributed by atoms with E-state index in [9.17, 15) is 27.6 Å². The summed E-state index contributed by atoms with van der Waals surface area (Å²) in [5.74, 6) is -1.72. The van der Waals surface area contributed by atoms with E-state index in [2.05, 4.69) is 21.4 Å². The molecule has 3 N–H and O–H groups in total. The van der Waals surface area contributed by atoms with Crippen LogP contribution in [0.15, 0.2) is 36.4 Å². The van der Waals surface area contributed by atoms with Gasteiger partial charge in [0.1, 0.15) is 29.3 Å². The smallest absolute Gasteiger partial charge is 0.408 e. The summed E-state index contributed by atoms with van der Waals surface area (Å²) in [6, 6.07) is 5.89. The van der Waals surface area contributed by atoms with Crippen molar-refractivity contribution in [3.05, 3.63) is 47.5 Å². The predicted octanol–water partition coefficient (Wildman–Crippen LogP) is 3.97. The number of para-hydroxylation sites is 1. The van der Waals surface area contributed by atoms with E-state index in [4.69, 9.17) is 14.5 Å². The molecule has 2 aromatic rings. The zero-order valence-electron chi connectivity index (χ0n) is 30.1. The summed E-state index contributed by atoms with van der Waals surface area (Å²) in [4.78, 5) is 61.8. The Bertz CT molecular complexity index is 1900. The molecule has 2 aliphatic heterocycles. The molecule has 4 amide bonds. The number of nitrogens with zero attached hydrogens (tertiary/aromatic N) is 2. The molecule has 52 heavy (non-hydrogen) atoms. The maximum absolute atomic E-state index is 14.5. The normalized spacial score (nSPS) is 28.7. The van der Waals surface area contributed by atoms with Gasteiger partial charge in [0.05, 0.1) is 17.3 Å². The number of pyridine rings is 1. The lowest BCUT2D eigenvalue weighted by Gasteiger charge is -2.30.